The Hall–Kier alpha value is -3.21. The minimum Gasteiger partial charge on any atom is -0.508 e. The van der Waals surface area contributed by atoms with Crippen molar-refractivity contribution in [3.8, 4) is 5.75 Å². The summed E-state index contributed by atoms with van der Waals surface area (Å²) >= 11 is 0. The quantitative estimate of drug-likeness (QED) is 0.580. The number of aromatic nitrogens is 3. The number of phenolic OH excluding ortho intramolecular Hbond substituents is 1. The van der Waals surface area contributed by atoms with E-state index >= 15 is 0 Å². The van der Waals surface area contributed by atoms with Crippen LogP contribution in [0, 0.1) is 0 Å². The van der Waals surface area contributed by atoms with Gasteiger partial charge >= 0.3 is 0 Å². The molecule has 0 aliphatic heterocycles. The fraction of sp³-hybridized carbons (Fsp3) is 0.150. The summed E-state index contributed by atoms with van der Waals surface area (Å²) in [4.78, 5) is 21.9. The van der Waals surface area contributed by atoms with Crippen molar-refractivity contribution in [3.05, 3.63) is 71.5 Å². The van der Waals surface area contributed by atoms with Crippen LogP contribution >= 0.6 is 0 Å². The lowest BCUT2D eigenvalue weighted by molar-refractivity contribution is 0.0962. The lowest BCUT2D eigenvalue weighted by atomic mass is 9.82. The zero-order valence-electron chi connectivity index (χ0n) is 13.4. The topological polar surface area (TPSA) is 67.5 Å². The second-order valence-electron chi connectivity index (χ2n) is 6.46. The molecule has 1 aliphatic rings. The molecule has 0 saturated carbocycles. The van der Waals surface area contributed by atoms with Gasteiger partial charge < -0.3 is 5.11 Å². The first-order valence-electron chi connectivity index (χ1n) is 8.28. The van der Waals surface area contributed by atoms with E-state index in [1.807, 2.05) is 47.0 Å². The van der Waals surface area contributed by atoms with E-state index < -0.39 is 0 Å². The molecule has 0 amide bonds. The molecule has 1 N–H and O–H groups in total. The maximum Gasteiger partial charge on any atom is 0.235 e. The van der Waals surface area contributed by atoms with Crippen LogP contribution in [-0.4, -0.2) is 25.3 Å². The van der Waals surface area contributed by atoms with E-state index in [1.54, 1.807) is 12.1 Å². The molecule has 4 aromatic rings. The van der Waals surface area contributed by atoms with Crippen LogP contribution < -0.4 is 0 Å². The number of carbonyl (C=O) groups excluding carboxylic acids is 1. The van der Waals surface area contributed by atoms with E-state index in [2.05, 4.69) is 9.97 Å². The number of rotatable bonds is 1. The van der Waals surface area contributed by atoms with Gasteiger partial charge in [-0.15, -0.1) is 0 Å². The first-order chi connectivity index (χ1) is 12.2. The maximum atomic E-state index is 12.7. The molecule has 0 bridgehead atoms. The SMILES string of the molecule is O=C1C[C@H](c2ccccc2O)Cc2nc3nc4ccccc4n3cc21. The van der Waals surface area contributed by atoms with E-state index in [0.717, 1.165) is 22.3 Å². The molecule has 2 aromatic heterocycles. The number of nitrogens with zero attached hydrogens (tertiary/aromatic N) is 3. The number of hydrogen-bond acceptors (Lipinski definition) is 4. The summed E-state index contributed by atoms with van der Waals surface area (Å²) in [5.74, 6) is 0.837. The third-order valence-electron chi connectivity index (χ3n) is 4.93. The average Bonchev–Trinajstić information content (AvgIpc) is 2.98. The number of ketones is 1. The number of phenols is 1. The average molecular weight is 329 g/mol. The molecule has 2 heterocycles. The van der Waals surface area contributed by atoms with Gasteiger partial charge in [-0.2, -0.15) is 0 Å². The van der Waals surface area contributed by atoms with Crippen molar-refractivity contribution in [1.29, 1.82) is 0 Å². The van der Waals surface area contributed by atoms with Gasteiger partial charge in [0.25, 0.3) is 0 Å². The van der Waals surface area contributed by atoms with Crippen LogP contribution in [-0.2, 0) is 6.42 Å². The first kappa shape index (κ1) is 14.2. The van der Waals surface area contributed by atoms with Gasteiger partial charge in [0.05, 0.1) is 22.3 Å². The molecule has 0 saturated heterocycles. The highest BCUT2D eigenvalue weighted by molar-refractivity contribution is 5.99. The summed E-state index contributed by atoms with van der Waals surface area (Å²) in [6, 6.07) is 15.0. The fourth-order valence-electron chi connectivity index (χ4n) is 3.70. The molecule has 2 aromatic carbocycles. The Morgan fingerprint density at radius 3 is 2.68 bits per heavy atom. The largest absolute Gasteiger partial charge is 0.508 e. The zero-order chi connectivity index (χ0) is 17.0. The predicted molar refractivity (Wildman–Crippen MR) is 94.0 cm³/mol. The minimum atomic E-state index is -0.0551. The highest BCUT2D eigenvalue weighted by Gasteiger charge is 2.29. The van der Waals surface area contributed by atoms with Crippen molar-refractivity contribution in [2.45, 2.75) is 18.8 Å². The maximum absolute atomic E-state index is 12.7. The van der Waals surface area contributed by atoms with Crippen LogP contribution in [0.3, 0.4) is 0 Å². The van der Waals surface area contributed by atoms with Crippen molar-refractivity contribution in [3.63, 3.8) is 0 Å². The number of benzene rings is 2. The second-order valence-corrected chi connectivity index (χ2v) is 6.46. The Bertz CT molecular complexity index is 1150. The van der Waals surface area contributed by atoms with Gasteiger partial charge in [0.2, 0.25) is 5.78 Å². The smallest absolute Gasteiger partial charge is 0.235 e. The van der Waals surface area contributed by atoms with Gasteiger partial charge in [-0.25, -0.2) is 9.97 Å². The highest BCUT2D eigenvalue weighted by Crippen LogP contribution is 2.36. The molecule has 0 spiro atoms. The summed E-state index contributed by atoms with van der Waals surface area (Å²) in [6.07, 6.45) is 2.86. The van der Waals surface area contributed by atoms with Crippen molar-refractivity contribution < 1.29 is 9.90 Å². The van der Waals surface area contributed by atoms with E-state index in [0.29, 0.717) is 24.2 Å². The molecule has 122 valence electrons. The number of aromatic hydroxyl groups is 1. The molecule has 0 unspecified atom stereocenters. The van der Waals surface area contributed by atoms with Crippen LogP contribution in [0.1, 0.15) is 34.0 Å². The monoisotopic (exact) mass is 329 g/mol. The van der Waals surface area contributed by atoms with Crippen LogP contribution in [0.5, 0.6) is 5.75 Å². The Morgan fingerprint density at radius 1 is 1.00 bits per heavy atom. The van der Waals surface area contributed by atoms with Gasteiger partial charge in [-0.05, 0) is 30.2 Å². The molecular weight excluding hydrogens is 314 g/mol. The predicted octanol–water partition coefficient (Wildman–Crippen LogP) is 3.50. The molecule has 0 radical (unpaired) electrons. The number of imidazole rings is 1. The highest BCUT2D eigenvalue weighted by atomic mass is 16.3. The zero-order valence-corrected chi connectivity index (χ0v) is 13.4. The number of hydrogen-bond donors (Lipinski definition) is 1. The molecule has 5 rings (SSSR count). The molecule has 5 nitrogen and oxygen atoms in total. The Labute approximate surface area is 143 Å². The van der Waals surface area contributed by atoms with Gasteiger partial charge in [0.15, 0.2) is 5.78 Å². The van der Waals surface area contributed by atoms with Crippen LogP contribution in [0.15, 0.2) is 54.7 Å². The summed E-state index contributed by atoms with van der Waals surface area (Å²) in [5, 5.41) is 10.1. The van der Waals surface area contributed by atoms with Gasteiger partial charge in [-0.1, -0.05) is 30.3 Å². The van der Waals surface area contributed by atoms with Crippen molar-refractivity contribution in [1.82, 2.24) is 14.4 Å². The lowest BCUT2D eigenvalue weighted by Gasteiger charge is -2.23. The van der Waals surface area contributed by atoms with Gasteiger partial charge in [0.1, 0.15) is 5.75 Å². The molecule has 1 atom stereocenters. The van der Waals surface area contributed by atoms with E-state index in [9.17, 15) is 9.90 Å². The van der Waals surface area contributed by atoms with Gasteiger partial charge in [-0.3, -0.25) is 9.20 Å². The summed E-state index contributed by atoms with van der Waals surface area (Å²) in [6.45, 7) is 0. The molecule has 25 heavy (non-hydrogen) atoms. The fourth-order valence-corrected chi connectivity index (χ4v) is 3.70. The van der Waals surface area contributed by atoms with Crippen LogP contribution in [0.25, 0.3) is 16.8 Å². The number of fused-ring (bicyclic) bond motifs is 4. The minimum absolute atomic E-state index is 0.0551. The lowest BCUT2D eigenvalue weighted by Crippen LogP contribution is -2.21. The third kappa shape index (κ3) is 2.12. The van der Waals surface area contributed by atoms with Crippen molar-refractivity contribution >= 4 is 22.6 Å². The van der Waals surface area contributed by atoms with E-state index in [4.69, 9.17) is 0 Å². The van der Waals surface area contributed by atoms with Crippen molar-refractivity contribution in [2.24, 2.45) is 0 Å². The van der Waals surface area contributed by atoms with E-state index in [1.165, 1.54) is 0 Å². The molecule has 0 fully saturated rings. The summed E-state index contributed by atoms with van der Waals surface area (Å²) in [7, 11) is 0. The standard InChI is InChI=1S/C20H15N3O2/c24-18-8-4-1-5-13(18)12-9-16-14(19(25)10-12)11-23-17-7-3-2-6-15(17)21-20(23)22-16/h1-8,11-12,24H,9-10H2/t12-/m1/s1. The molecular formula is C20H15N3O2. The Morgan fingerprint density at radius 2 is 1.80 bits per heavy atom. The van der Waals surface area contributed by atoms with E-state index in [-0.39, 0.29) is 17.5 Å². The third-order valence-corrected chi connectivity index (χ3v) is 4.93. The number of para-hydroxylation sites is 3. The van der Waals surface area contributed by atoms with Crippen LogP contribution in [0.4, 0.5) is 0 Å². The number of carbonyl (C=O) groups is 1. The number of Topliss-reactive ketones (excluding diaryl/α,β-unsaturated/α-hetero) is 1. The first-order valence-corrected chi connectivity index (χ1v) is 8.28. The van der Waals surface area contributed by atoms with Crippen molar-refractivity contribution in [2.75, 3.05) is 0 Å². The molecule has 5 heteroatoms. The van der Waals surface area contributed by atoms with Gasteiger partial charge in [0, 0.05) is 18.5 Å². The summed E-state index contributed by atoms with van der Waals surface area (Å²) < 4.78 is 1.88. The van der Waals surface area contributed by atoms with Crippen LogP contribution in [0.2, 0.25) is 0 Å². The molecule has 1 aliphatic carbocycles. The summed E-state index contributed by atoms with van der Waals surface area (Å²) in [5.41, 5.74) is 4.02. The second kappa shape index (κ2) is 5.14. The Balaban J connectivity index is 1.66. The Kier molecular flexibility index (Phi) is 2.91. The normalized spacial score (nSPS) is 17.1.